The average Bonchev–Trinajstić information content (AvgIpc) is 2.81. The minimum absolute atomic E-state index is 0.00893. The van der Waals surface area contributed by atoms with Gasteiger partial charge in [-0.25, -0.2) is 0 Å². The SMILES string of the molecule is CC(=O)n1cc(Nc2ccc(Cl)cc2)c2ccccc21. The van der Waals surface area contributed by atoms with Gasteiger partial charge in [0.2, 0.25) is 5.91 Å². The highest BCUT2D eigenvalue weighted by atomic mass is 35.5. The summed E-state index contributed by atoms with van der Waals surface area (Å²) in [5.41, 5.74) is 2.73. The number of aromatic nitrogens is 1. The van der Waals surface area contributed by atoms with Crippen molar-refractivity contribution in [3.8, 4) is 0 Å². The summed E-state index contributed by atoms with van der Waals surface area (Å²) in [6.07, 6.45) is 1.82. The van der Waals surface area contributed by atoms with E-state index in [0.29, 0.717) is 5.02 Å². The molecule has 0 aliphatic carbocycles. The molecule has 1 N–H and O–H groups in total. The maximum absolute atomic E-state index is 11.7. The number of hydrogen-bond donors (Lipinski definition) is 1. The second-order valence-corrected chi connectivity index (χ2v) is 5.02. The maximum atomic E-state index is 11.7. The first-order valence-electron chi connectivity index (χ1n) is 6.29. The van der Waals surface area contributed by atoms with Crippen LogP contribution in [0.15, 0.2) is 54.7 Å². The van der Waals surface area contributed by atoms with Crippen LogP contribution in [0.1, 0.15) is 11.7 Å². The average molecular weight is 285 g/mol. The van der Waals surface area contributed by atoms with Gasteiger partial charge in [0.15, 0.2) is 0 Å². The molecule has 3 aromatic rings. The van der Waals surface area contributed by atoms with Crippen LogP contribution in [0.5, 0.6) is 0 Å². The fraction of sp³-hybridized carbons (Fsp3) is 0.0625. The van der Waals surface area contributed by atoms with E-state index in [1.165, 1.54) is 0 Å². The quantitative estimate of drug-likeness (QED) is 0.740. The lowest BCUT2D eigenvalue weighted by atomic mass is 10.2. The molecule has 20 heavy (non-hydrogen) atoms. The highest BCUT2D eigenvalue weighted by Crippen LogP contribution is 2.29. The number of carbonyl (C=O) groups excluding carboxylic acids is 1. The third-order valence-electron chi connectivity index (χ3n) is 3.17. The zero-order valence-corrected chi connectivity index (χ0v) is 11.7. The summed E-state index contributed by atoms with van der Waals surface area (Å²) in [7, 11) is 0. The molecular formula is C16H13ClN2O. The minimum Gasteiger partial charge on any atom is -0.354 e. The Hall–Kier alpha value is -2.26. The number of hydrogen-bond acceptors (Lipinski definition) is 2. The number of anilines is 2. The zero-order valence-electron chi connectivity index (χ0n) is 10.9. The van der Waals surface area contributed by atoms with Crippen LogP contribution in [-0.4, -0.2) is 10.5 Å². The van der Waals surface area contributed by atoms with Crippen molar-refractivity contribution in [3.05, 3.63) is 59.8 Å². The molecule has 0 aliphatic rings. The van der Waals surface area contributed by atoms with Crippen LogP contribution in [0.3, 0.4) is 0 Å². The van der Waals surface area contributed by atoms with E-state index in [2.05, 4.69) is 5.32 Å². The first-order valence-corrected chi connectivity index (χ1v) is 6.66. The van der Waals surface area contributed by atoms with Gasteiger partial charge >= 0.3 is 0 Å². The van der Waals surface area contributed by atoms with Crippen LogP contribution in [0.25, 0.3) is 10.9 Å². The second kappa shape index (κ2) is 5.02. The Morgan fingerprint density at radius 2 is 1.80 bits per heavy atom. The summed E-state index contributed by atoms with van der Waals surface area (Å²) in [6, 6.07) is 15.3. The summed E-state index contributed by atoms with van der Waals surface area (Å²) in [6.45, 7) is 1.55. The van der Waals surface area contributed by atoms with Gasteiger partial charge in [-0.2, -0.15) is 0 Å². The molecule has 0 spiro atoms. The van der Waals surface area contributed by atoms with E-state index in [9.17, 15) is 4.79 Å². The third-order valence-corrected chi connectivity index (χ3v) is 3.43. The number of nitrogens with one attached hydrogen (secondary N) is 1. The Morgan fingerprint density at radius 1 is 1.10 bits per heavy atom. The number of benzene rings is 2. The van der Waals surface area contributed by atoms with Crippen LogP contribution in [-0.2, 0) is 0 Å². The van der Waals surface area contributed by atoms with Crippen LogP contribution in [0, 0.1) is 0 Å². The van der Waals surface area contributed by atoms with E-state index in [0.717, 1.165) is 22.3 Å². The lowest BCUT2D eigenvalue weighted by molar-refractivity contribution is 0.0942. The molecule has 3 nitrogen and oxygen atoms in total. The van der Waals surface area contributed by atoms with Gasteiger partial charge in [-0.05, 0) is 30.3 Å². The molecule has 100 valence electrons. The van der Waals surface area contributed by atoms with E-state index in [1.807, 2.05) is 54.7 Å². The number of nitrogens with zero attached hydrogens (tertiary/aromatic N) is 1. The van der Waals surface area contributed by atoms with Gasteiger partial charge in [0.05, 0.1) is 11.2 Å². The first-order chi connectivity index (χ1) is 9.65. The molecule has 0 fully saturated rings. The summed E-state index contributed by atoms with van der Waals surface area (Å²) < 4.78 is 1.65. The zero-order chi connectivity index (χ0) is 14.1. The molecule has 1 heterocycles. The number of halogens is 1. The highest BCUT2D eigenvalue weighted by molar-refractivity contribution is 6.30. The Labute approximate surface area is 121 Å². The molecule has 0 saturated carbocycles. The molecule has 0 amide bonds. The van der Waals surface area contributed by atoms with Crippen molar-refractivity contribution >= 4 is 39.8 Å². The predicted octanol–water partition coefficient (Wildman–Crippen LogP) is 4.70. The maximum Gasteiger partial charge on any atom is 0.228 e. The van der Waals surface area contributed by atoms with Gasteiger partial charge in [-0.15, -0.1) is 0 Å². The van der Waals surface area contributed by atoms with E-state index >= 15 is 0 Å². The van der Waals surface area contributed by atoms with Gasteiger partial charge in [0.1, 0.15) is 0 Å². The summed E-state index contributed by atoms with van der Waals surface area (Å²) >= 11 is 5.88. The molecule has 0 bridgehead atoms. The molecular weight excluding hydrogens is 272 g/mol. The molecule has 0 atom stereocenters. The van der Waals surface area contributed by atoms with Gasteiger partial charge in [0.25, 0.3) is 0 Å². The third kappa shape index (κ3) is 2.28. The number of carbonyl (C=O) groups is 1. The largest absolute Gasteiger partial charge is 0.354 e. The fourth-order valence-corrected chi connectivity index (χ4v) is 2.35. The molecule has 0 saturated heterocycles. The van der Waals surface area contributed by atoms with Crippen molar-refractivity contribution in [1.82, 2.24) is 4.57 Å². The molecule has 0 radical (unpaired) electrons. The lowest BCUT2D eigenvalue weighted by Gasteiger charge is -2.04. The van der Waals surface area contributed by atoms with Crippen molar-refractivity contribution in [3.63, 3.8) is 0 Å². The summed E-state index contributed by atoms with van der Waals surface area (Å²) in [5, 5.41) is 5.03. The Balaban J connectivity index is 2.07. The van der Waals surface area contributed by atoms with Crippen molar-refractivity contribution < 1.29 is 4.79 Å². The smallest absolute Gasteiger partial charge is 0.228 e. The van der Waals surface area contributed by atoms with Gasteiger partial charge in [0, 0.05) is 29.2 Å². The summed E-state index contributed by atoms with van der Waals surface area (Å²) in [4.78, 5) is 11.7. The van der Waals surface area contributed by atoms with Crippen molar-refractivity contribution in [1.29, 1.82) is 0 Å². The van der Waals surface area contributed by atoms with Crippen LogP contribution in [0.4, 0.5) is 11.4 Å². The van der Waals surface area contributed by atoms with Gasteiger partial charge in [-0.1, -0.05) is 29.8 Å². The van der Waals surface area contributed by atoms with E-state index < -0.39 is 0 Å². The fourth-order valence-electron chi connectivity index (χ4n) is 2.23. The van der Waals surface area contributed by atoms with E-state index in [-0.39, 0.29) is 5.91 Å². The van der Waals surface area contributed by atoms with Gasteiger partial charge < -0.3 is 5.32 Å². The first kappa shape index (κ1) is 12.8. The van der Waals surface area contributed by atoms with E-state index in [4.69, 9.17) is 11.6 Å². The van der Waals surface area contributed by atoms with Crippen LogP contribution >= 0.6 is 11.6 Å². The molecule has 1 aromatic heterocycles. The Kier molecular flexibility index (Phi) is 3.20. The molecule has 0 unspecified atom stereocenters. The topological polar surface area (TPSA) is 34.0 Å². The standard InChI is InChI=1S/C16H13ClN2O/c1-11(20)19-10-15(14-4-2-3-5-16(14)19)18-13-8-6-12(17)7-9-13/h2-10,18H,1H3. The molecule has 2 aromatic carbocycles. The van der Waals surface area contributed by atoms with Crippen LogP contribution < -0.4 is 5.32 Å². The molecule has 3 rings (SSSR count). The van der Waals surface area contributed by atoms with Crippen molar-refractivity contribution in [2.24, 2.45) is 0 Å². The number of rotatable bonds is 2. The Morgan fingerprint density at radius 3 is 2.50 bits per heavy atom. The highest BCUT2D eigenvalue weighted by Gasteiger charge is 2.10. The number of fused-ring (bicyclic) bond motifs is 1. The molecule has 0 aliphatic heterocycles. The lowest BCUT2D eigenvalue weighted by Crippen LogP contribution is -2.02. The monoisotopic (exact) mass is 284 g/mol. The normalized spacial score (nSPS) is 10.7. The van der Waals surface area contributed by atoms with Gasteiger partial charge in [-0.3, -0.25) is 9.36 Å². The Bertz CT molecular complexity index is 775. The van der Waals surface area contributed by atoms with Crippen molar-refractivity contribution in [2.45, 2.75) is 6.92 Å². The number of para-hydroxylation sites is 1. The predicted molar refractivity (Wildman–Crippen MR) is 83.0 cm³/mol. The minimum atomic E-state index is -0.00893. The van der Waals surface area contributed by atoms with Crippen LogP contribution in [0.2, 0.25) is 5.02 Å². The van der Waals surface area contributed by atoms with E-state index in [1.54, 1.807) is 11.5 Å². The molecule has 4 heteroatoms. The summed E-state index contributed by atoms with van der Waals surface area (Å²) in [5.74, 6) is -0.00893. The van der Waals surface area contributed by atoms with Crippen molar-refractivity contribution in [2.75, 3.05) is 5.32 Å². The second-order valence-electron chi connectivity index (χ2n) is 4.58.